The van der Waals surface area contributed by atoms with Crippen molar-refractivity contribution in [3.05, 3.63) is 87.9 Å². The average Bonchev–Trinajstić information content (AvgIpc) is 3.67. The molecular weight excluding hydrogens is 850 g/mol. The molecule has 1 saturated carbocycles. The average molecular weight is 913 g/mol. The number of nitriles is 2. The molecular formula is C49H62ClN7O8. The summed E-state index contributed by atoms with van der Waals surface area (Å²) in [5.74, 6) is -0.545. The summed E-state index contributed by atoms with van der Waals surface area (Å²) in [5.41, 5.74) is 1.40. The molecule has 3 aromatic carbocycles. The lowest BCUT2D eigenvalue weighted by atomic mass is 9.49. The van der Waals surface area contributed by atoms with Crippen molar-refractivity contribution in [1.29, 1.82) is 10.5 Å². The number of anilines is 1. The highest BCUT2D eigenvalue weighted by Gasteiger charge is 2.64. The molecule has 1 heterocycles. The van der Waals surface area contributed by atoms with Crippen LogP contribution in [0.25, 0.3) is 0 Å². The maximum atomic E-state index is 13.9. The highest BCUT2D eigenvalue weighted by atomic mass is 35.5. The van der Waals surface area contributed by atoms with Gasteiger partial charge in [-0.05, 0) is 73.2 Å². The normalized spacial score (nSPS) is 20.0. The van der Waals surface area contributed by atoms with Gasteiger partial charge in [0.2, 0.25) is 17.7 Å². The quantitative estimate of drug-likeness (QED) is 0.0865. The molecule has 0 spiro atoms. The van der Waals surface area contributed by atoms with Crippen molar-refractivity contribution in [2.24, 2.45) is 16.2 Å². The van der Waals surface area contributed by atoms with Crippen molar-refractivity contribution in [3.8, 4) is 23.6 Å². The van der Waals surface area contributed by atoms with E-state index < -0.39 is 41.3 Å². The summed E-state index contributed by atoms with van der Waals surface area (Å²) >= 11 is 6.23. The standard InChI is InChI=1S/C49H62ClN7O8/c1-47(2,3)41(44(62)57-28-35(58)23-38(57)43(61)54-27-33-13-12-30(25-51)22-39(33)63-8)55-40(59)29-64-21-11-9-10-20-53-34-17-14-31(15-18-34)42(60)56-45-48(4,5)46(49(45,6)7)65-36-19-16-32(26-52)37(50)24-36/h12-19,22,24,35,38,41,45-46,53,58H,9-11,20-21,23,27-29H2,1-8H3,(H,54,61)(H,55,59)(H,56,60)/t35-,38+,41?,45-,46-/m1/s1. The van der Waals surface area contributed by atoms with Crippen LogP contribution in [0.3, 0.4) is 0 Å². The summed E-state index contributed by atoms with van der Waals surface area (Å²) in [7, 11) is 1.47. The molecule has 5 N–H and O–H groups in total. The number of methoxy groups -OCH3 is 1. The maximum absolute atomic E-state index is 13.9. The lowest BCUT2D eigenvalue weighted by Gasteiger charge is -2.63. The smallest absolute Gasteiger partial charge is 0.251 e. The summed E-state index contributed by atoms with van der Waals surface area (Å²) in [5, 5.41) is 41.5. The summed E-state index contributed by atoms with van der Waals surface area (Å²) in [4.78, 5) is 55.0. The molecule has 1 unspecified atom stereocenters. The number of halogens is 1. The number of nitrogens with zero attached hydrogens (tertiary/aromatic N) is 3. The van der Waals surface area contributed by atoms with Crippen LogP contribution >= 0.6 is 11.6 Å². The first kappa shape index (κ1) is 50.1. The first-order valence-electron chi connectivity index (χ1n) is 21.9. The van der Waals surface area contributed by atoms with Crippen molar-refractivity contribution in [2.75, 3.05) is 38.7 Å². The first-order chi connectivity index (χ1) is 30.7. The molecule has 3 atom stereocenters. The number of β-amino-alcohol motifs (C(OH)–C–C–N with tert-alkyl or cyclic N) is 1. The van der Waals surface area contributed by atoms with Crippen LogP contribution < -0.4 is 30.7 Å². The molecule has 2 fully saturated rings. The number of likely N-dealkylation sites (tertiary alicyclic amines) is 1. The van der Waals surface area contributed by atoms with E-state index in [1.807, 2.05) is 39.0 Å². The van der Waals surface area contributed by atoms with E-state index in [-0.39, 0.29) is 55.0 Å². The van der Waals surface area contributed by atoms with Gasteiger partial charge in [-0.25, -0.2) is 0 Å². The van der Waals surface area contributed by atoms with E-state index in [2.05, 4.69) is 55.0 Å². The van der Waals surface area contributed by atoms with Crippen molar-refractivity contribution >= 4 is 40.9 Å². The fourth-order valence-corrected chi connectivity index (χ4v) is 9.25. The van der Waals surface area contributed by atoms with Gasteiger partial charge in [-0.1, -0.05) is 66.1 Å². The van der Waals surface area contributed by atoms with Gasteiger partial charge in [-0.3, -0.25) is 19.2 Å². The molecule has 2 aliphatic rings. The number of carbonyl (C=O) groups excluding carboxylic acids is 4. The molecule has 0 aromatic heterocycles. The molecule has 0 radical (unpaired) electrons. The Kier molecular flexibility index (Phi) is 16.5. The first-order valence-corrected chi connectivity index (χ1v) is 22.3. The predicted octanol–water partition coefficient (Wildman–Crippen LogP) is 6.11. The van der Waals surface area contributed by atoms with Crippen LogP contribution in [0.1, 0.15) is 101 Å². The Labute approximate surface area is 387 Å². The van der Waals surface area contributed by atoms with E-state index in [0.29, 0.717) is 58.3 Å². The van der Waals surface area contributed by atoms with Gasteiger partial charge in [-0.2, -0.15) is 10.5 Å². The summed E-state index contributed by atoms with van der Waals surface area (Å²) in [6, 6.07) is 19.3. The van der Waals surface area contributed by atoms with E-state index >= 15 is 0 Å². The SMILES string of the molecule is COc1cc(C#N)ccc1CNC(=O)[C@@H]1C[C@@H](O)CN1C(=O)C(NC(=O)COCCCCCNc1ccc(C(=O)N[C@H]2C(C)(C)[C@H](Oc3ccc(C#N)c(Cl)c3)C2(C)C)cc1)C(C)(C)C. The minimum atomic E-state index is -0.981. The van der Waals surface area contributed by atoms with Crippen LogP contribution in [0, 0.1) is 38.9 Å². The largest absolute Gasteiger partial charge is 0.496 e. The van der Waals surface area contributed by atoms with Gasteiger partial charge in [-0.15, -0.1) is 0 Å². The second-order valence-electron chi connectivity index (χ2n) is 19.0. The number of hydrogen-bond donors (Lipinski definition) is 5. The zero-order chi connectivity index (χ0) is 47.7. The van der Waals surface area contributed by atoms with Gasteiger partial charge in [0.1, 0.15) is 42.4 Å². The van der Waals surface area contributed by atoms with Gasteiger partial charge in [0.25, 0.3) is 5.91 Å². The minimum Gasteiger partial charge on any atom is -0.496 e. The number of aliphatic hydroxyl groups excluding tert-OH is 1. The second kappa shape index (κ2) is 21.4. The molecule has 4 amide bonds. The highest BCUT2D eigenvalue weighted by Crippen LogP contribution is 2.55. The van der Waals surface area contributed by atoms with Gasteiger partial charge in [0, 0.05) is 72.4 Å². The lowest BCUT2D eigenvalue weighted by Crippen LogP contribution is -2.74. The van der Waals surface area contributed by atoms with E-state index in [9.17, 15) is 34.8 Å². The zero-order valence-corrected chi connectivity index (χ0v) is 39.3. The van der Waals surface area contributed by atoms with Crippen molar-refractivity contribution < 1.29 is 38.5 Å². The topological polar surface area (TPSA) is 215 Å². The number of aliphatic hydroxyl groups is 1. The lowest BCUT2D eigenvalue weighted by molar-refractivity contribution is -0.164. The molecule has 16 heteroatoms. The Morgan fingerprint density at radius 2 is 1.66 bits per heavy atom. The number of amides is 4. The van der Waals surface area contributed by atoms with Crippen molar-refractivity contribution in [2.45, 2.75) is 111 Å². The number of hydrogen-bond acceptors (Lipinski definition) is 11. The number of rotatable bonds is 19. The zero-order valence-electron chi connectivity index (χ0n) is 38.5. The molecule has 3 aromatic rings. The third kappa shape index (κ3) is 12.3. The third-order valence-corrected chi connectivity index (χ3v) is 12.6. The molecule has 65 heavy (non-hydrogen) atoms. The van der Waals surface area contributed by atoms with Crippen LogP contribution in [0.5, 0.6) is 11.5 Å². The van der Waals surface area contributed by atoms with Gasteiger partial charge >= 0.3 is 0 Å². The monoisotopic (exact) mass is 911 g/mol. The number of benzene rings is 3. The van der Waals surface area contributed by atoms with E-state index in [1.54, 1.807) is 48.5 Å². The minimum absolute atomic E-state index is 0.0493. The Morgan fingerprint density at radius 3 is 2.29 bits per heavy atom. The fourth-order valence-electron chi connectivity index (χ4n) is 9.04. The number of carbonyl (C=O) groups is 4. The Balaban J connectivity index is 1.00. The fraction of sp³-hybridized carbons (Fsp3) is 0.510. The summed E-state index contributed by atoms with van der Waals surface area (Å²) in [6.45, 7) is 14.5. The van der Waals surface area contributed by atoms with E-state index in [1.165, 1.54) is 12.0 Å². The molecule has 348 valence electrons. The second-order valence-corrected chi connectivity index (χ2v) is 19.4. The Hall–Kier alpha value is -5.87. The van der Waals surface area contributed by atoms with Gasteiger partial charge in [0.15, 0.2) is 0 Å². The molecule has 5 rings (SSSR count). The van der Waals surface area contributed by atoms with Crippen LogP contribution in [-0.4, -0.2) is 97.4 Å². The highest BCUT2D eigenvalue weighted by molar-refractivity contribution is 6.31. The van der Waals surface area contributed by atoms with Crippen molar-refractivity contribution in [1.82, 2.24) is 20.9 Å². The van der Waals surface area contributed by atoms with Gasteiger partial charge in [0.05, 0.1) is 35.4 Å². The van der Waals surface area contributed by atoms with E-state index in [0.717, 1.165) is 18.5 Å². The van der Waals surface area contributed by atoms with Crippen LogP contribution in [0.2, 0.25) is 5.02 Å². The van der Waals surface area contributed by atoms with Crippen LogP contribution in [0.15, 0.2) is 60.7 Å². The molecule has 1 saturated heterocycles. The summed E-state index contributed by atoms with van der Waals surface area (Å²) in [6.07, 6.45) is 1.33. The number of ether oxygens (including phenoxy) is 3. The number of nitrogens with one attached hydrogen (secondary N) is 4. The summed E-state index contributed by atoms with van der Waals surface area (Å²) < 4.78 is 17.4. The Bertz CT molecular complexity index is 2260. The molecule has 0 bridgehead atoms. The number of unbranched alkanes of at least 4 members (excludes halogenated alkanes) is 2. The third-order valence-electron chi connectivity index (χ3n) is 12.3. The van der Waals surface area contributed by atoms with Crippen LogP contribution in [0.4, 0.5) is 5.69 Å². The molecule has 1 aliphatic carbocycles. The Morgan fingerprint density at radius 1 is 0.954 bits per heavy atom. The molecule has 15 nitrogen and oxygen atoms in total. The van der Waals surface area contributed by atoms with Gasteiger partial charge < -0.3 is 45.5 Å². The predicted molar refractivity (Wildman–Crippen MR) is 246 cm³/mol. The molecule has 1 aliphatic heterocycles. The van der Waals surface area contributed by atoms with Crippen LogP contribution in [-0.2, 0) is 25.7 Å². The maximum Gasteiger partial charge on any atom is 0.251 e. The van der Waals surface area contributed by atoms with E-state index in [4.69, 9.17) is 25.8 Å². The van der Waals surface area contributed by atoms with Crippen molar-refractivity contribution in [3.63, 3.8) is 0 Å².